The maximum atomic E-state index is 12.8. The number of amides is 1. The van der Waals surface area contributed by atoms with Crippen LogP contribution < -0.4 is 10.1 Å². The molecule has 0 bridgehead atoms. The van der Waals surface area contributed by atoms with Crippen LogP contribution >= 0.6 is 11.8 Å². The van der Waals surface area contributed by atoms with Gasteiger partial charge in [0, 0.05) is 31.0 Å². The third-order valence-electron chi connectivity index (χ3n) is 3.77. The van der Waals surface area contributed by atoms with Crippen molar-refractivity contribution >= 4 is 27.7 Å². The van der Waals surface area contributed by atoms with Crippen LogP contribution in [0.15, 0.2) is 34.6 Å². The molecule has 1 heterocycles. The molecule has 0 unspecified atom stereocenters. The summed E-state index contributed by atoms with van der Waals surface area (Å²) in [4.78, 5) is 16.4. The lowest BCUT2D eigenvalue weighted by Gasteiger charge is -2.20. The minimum absolute atomic E-state index is 0.0163. The van der Waals surface area contributed by atoms with E-state index in [9.17, 15) is 13.2 Å². The van der Waals surface area contributed by atoms with Gasteiger partial charge in [0.15, 0.2) is 5.16 Å². The van der Waals surface area contributed by atoms with Crippen LogP contribution in [0.2, 0.25) is 0 Å². The van der Waals surface area contributed by atoms with Gasteiger partial charge in [-0.3, -0.25) is 9.89 Å². The van der Waals surface area contributed by atoms with Gasteiger partial charge in [0.2, 0.25) is 10.0 Å². The fourth-order valence-electron chi connectivity index (χ4n) is 2.40. The van der Waals surface area contributed by atoms with Gasteiger partial charge in [-0.25, -0.2) is 13.4 Å². The summed E-state index contributed by atoms with van der Waals surface area (Å²) in [5.41, 5.74) is 0.256. The highest BCUT2D eigenvalue weighted by Gasteiger charge is 2.26. The first-order valence-corrected chi connectivity index (χ1v) is 10.8. The van der Waals surface area contributed by atoms with Crippen LogP contribution in [0.1, 0.15) is 24.2 Å². The molecule has 27 heavy (non-hydrogen) atoms. The molecule has 2 aromatic rings. The molecule has 0 aliphatic rings. The summed E-state index contributed by atoms with van der Waals surface area (Å²) in [6.07, 6.45) is 1.41. The van der Waals surface area contributed by atoms with E-state index in [1.54, 1.807) is 19.9 Å². The Bertz CT molecular complexity index is 852. The zero-order chi connectivity index (χ0) is 19.9. The quantitative estimate of drug-likeness (QED) is 0.446. The lowest BCUT2D eigenvalue weighted by Crippen LogP contribution is -2.31. The van der Waals surface area contributed by atoms with E-state index in [2.05, 4.69) is 20.5 Å². The second-order valence-electron chi connectivity index (χ2n) is 5.35. The standard InChI is InChI=1S/C16H23N5O4S2/c1-4-21(5-2)27(23,24)14-10-12(6-7-13(14)25-3)15(22)17-8-9-26-16-18-11-19-20-16/h6-7,10-11H,4-5,8-9H2,1-3H3,(H,17,22)(H,18,19,20). The molecule has 0 saturated heterocycles. The Morgan fingerprint density at radius 1 is 1.33 bits per heavy atom. The Morgan fingerprint density at radius 3 is 2.67 bits per heavy atom. The normalized spacial score (nSPS) is 11.6. The van der Waals surface area contributed by atoms with E-state index in [0.717, 1.165) is 0 Å². The molecule has 9 nitrogen and oxygen atoms in total. The van der Waals surface area contributed by atoms with Crippen LogP contribution in [0.3, 0.4) is 0 Å². The van der Waals surface area contributed by atoms with Gasteiger partial charge >= 0.3 is 0 Å². The zero-order valence-corrected chi connectivity index (χ0v) is 17.1. The van der Waals surface area contributed by atoms with Gasteiger partial charge in [0.05, 0.1) is 7.11 Å². The summed E-state index contributed by atoms with van der Waals surface area (Å²) in [5, 5.41) is 9.89. The van der Waals surface area contributed by atoms with Crippen LogP contribution in [-0.2, 0) is 10.0 Å². The molecule has 0 aliphatic carbocycles. The number of aromatic nitrogens is 3. The van der Waals surface area contributed by atoms with Crippen molar-refractivity contribution in [3.05, 3.63) is 30.1 Å². The number of hydrogen-bond donors (Lipinski definition) is 2. The van der Waals surface area contributed by atoms with Gasteiger partial charge < -0.3 is 10.1 Å². The average molecular weight is 414 g/mol. The Balaban J connectivity index is 2.12. The van der Waals surface area contributed by atoms with Crippen LogP contribution in [0, 0.1) is 0 Å². The predicted molar refractivity (Wildman–Crippen MR) is 103 cm³/mol. The van der Waals surface area contributed by atoms with Crippen molar-refractivity contribution in [1.29, 1.82) is 0 Å². The molecule has 0 atom stereocenters. The van der Waals surface area contributed by atoms with Gasteiger partial charge in [-0.15, -0.1) is 0 Å². The number of carbonyl (C=O) groups is 1. The second kappa shape index (κ2) is 9.72. The number of hydrogen-bond acceptors (Lipinski definition) is 7. The van der Waals surface area contributed by atoms with E-state index in [1.165, 1.54) is 41.6 Å². The summed E-state index contributed by atoms with van der Waals surface area (Å²) >= 11 is 1.42. The SMILES string of the molecule is CCN(CC)S(=O)(=O)c1cc(C(=O)NCCSc2ncn[nH]2)ccc1OC. The van der Waals surface area contributed by atoms with Crippen molar-refractivity contribution < 1.29 is 17.9 Å². The third-order valence-corrected chi connectivity index (χ3v) is 6.72. The molecular formula is C16H23N5O4S2. The van der Waals surface area contributed by atoms with Crippen molar-refractivity contribution in [2.45, 2.75) is 23.9 Å². The first-order chi connectivity index (χ1) is 12.9. The minimum Gasteiger partial charge on any atom is -0.495 e. The Kier molecular flexibility index (Phi) is 7.63. The molecule has 0 fully saturated rings. The number of nitrogens with one attached hydrogen (secondary N) is 2. The summed E-state index contributed by atoms with van der Waals surface area (Å²) in [6, 6.07) is 4.39. The zero-order valence-electron chi connectivity index (χ0n) is 15.4. The van der Waals surface area contributed by atoms with Gasteiger partial charge in [-0.1, -0.05) is 25.6 Å². The van der Waals surface area contributed by atoms with Crippen LogP contribution in [-0.4, -0.2) is 66.3 Å². The maximum Gasteiger partial charge on any atom is 0.251 e. The molecule has 0 saturated carbocycles. The van der Waals surface area contributed by atoms with Crippen molar-refractivity contribution in [1.82, 2.24) is 24.8 Å². The Hall–Kier alpha value is -2.11. The van der Waals surface area contributed by atoms with Gasteiger partial charge in [0.25, 0.3) is 5.91 Å². The highest BCUT2D eigenvalue weighted by atomic mass is 32.2. The number of aromatic amines is 1. The number of rotatable bonds is 10. The number of methoxy groups -OCH3 is 1. The molecule has 1 amide bonds. The fourth-order valence-corrected chi connectivity index (χ4v) is 4.68. The van der Waals surface area contributed by atoms with Crippen molar-refractivity contribution in [3.63, 3.8) is 0 Å². The van der Waals surface area contributed by atoms with Gasteiger partial charge in [-0.05, 0) is 18.2 Å². The second-order valence-corrected chi connectivity index (χ2v) is 8.34. The average Bonchev–Trinajstić information content (AvgIpc) is 3.18. The maximum absolute atomic E-state index is 12.8. The lowest BCUT2D eigenvalue weighted by molar-refractivity contribution is 0.0956. The topological polar surface area (TPSA) is 117 Å². The molecule has 2 N–H and O–H groups in total. The summed E-state index contributed by atoms with van der Waals surface area (Å²) in [7, 11) is -2.35. The van der Waals surface area contributed by atoms with Crippen molar-refractivity contribution in [2.75, 3.05) is 32.5 Å². The van der Waals surface area contributed by atoms with Crippen molar-refractivity contribution in [2.24, 2.45) is 0 Å². The van der Waals surface area contributed by atoms with Gasteiger partial charge in [0.1, 0.15) is 17.0 Å². The van der Waals surface area contributed by atoms with Crippen LogP contribution in [0.25, 0.3) is 0 Å². The minimum atomic E-state index is -3.75. The Morgan fingerprint density at radius 2 is 2.07 bits per heavy atom. The number of sulfonamides is 1. The van der Waals surface area contributed by atoms with E-state index >= 15 is 0 Å². The highest BCUT2D eigenvalue weighted by Crippen LogP contribution is 2.27. The summed E-state index contributed by atoms with van der Waals surface area (Å²) in [6.45, 7) is 4.58. The molecule has 1 aromatic carbocycles. The lowest BCUT2D eigenvalue weighted by atomic mass is 10.2. The van der Waals surface area contributed by atoms with E-state index < -0.39 is 10.0 Å². The van der Waals surface area contributed by atoms with Crippen molar-refractivity contribution in [3.8, 4) is 5.75 Å². The molecule has 148 valence electrons. The number of thioether (sulfide) groups is 1. The van der Waals surface area contributed by atoms with Gasteiger partial charge in [-0.2, -0.15) is 9.40 Å². The molecule has 0 spiro atoms. The molecular weight excluding hydrogens is 390 g/mol. The summed E-state index contributed by atoms with van der Waals surface area (Å²) in [5.74, 6) is 0.452. The number of H-pyrrole nitrogens is 1. The number of carbonyl (C=O) groups excluding carboxylic acids is 1. The molecule has 0 radical (unpaired) electrons. The van der Waals surface area contributed by atoms with E-state index in [0.29, 0.717) is 30.5 Å². The molecule has 1 aromatic heterocycles. The summed E-state index contributed by atoms with van der Waals surface area (Å²) < 4.78 is 32.2. The van der Waals surface area contributed by atoms with Crippen LogP contribution in [0.4, 0.5) is 0 Å². The van der Waals surface area contributed by atoms with E-state index in [4.69, 9.17) is 4.74 Å². The first-order valence-electron chi connectivity index (χ1n) is 8.38. The Labute approximate surface area is 162 Å². The largest absolute Gasteiger partial charge is 0.495 e. The number of ether oxygens (including phenoxy) is 1. The first kappa shape index (κ1) is 21.2. The molecule has 0 aliphatic heterocycles. The number of nitrogens with zero attached hydrogens (tertiary/aromatic N) is 3. The molecule has 11 heteroatoms. The molecule has 2 rings (SSSR count). The van der Waals surface area contributed by atoms with Crippen LogP contribution in [0.5, 0.6) is 5.75 Å². The van der Waals surface area contributed by atoms with E-state index in [1.807, 2.05) is 0 Å². The third kappa shape index (κ3) is 5.21. The number of benzene rings is 1. The predicted octanol–water partition coefficient (Wildman–Crippen LogP) is 1.37. The van der Waals surface area contributed by atoms with E-state index in [-0.39, 0.29) is 22.1 Å². The monoisotopic (exact) mass is 413 g/mol. The smallest absolute Gasteiger partial charge is 0.251 e. The fraction of sp³-hybridized carbons (Fsp3) is 0.438. The highest BCUT2D eigenvalue weighted by molar-refractivity contribution is 7.99.